The summed E-state index contributed by atoms with van der Waals surface area (Å²) in [7, 11) is 0. The van der Waals surface area contributed by atoms with Crippen molar-refractivity contribution in [2.24, 2.45) is 0 Å². The van der Waals surface area contributed by atoms with Crippen molar-refractivity contribution >= 4 is 23.5 Å². The first-order valence-electron chi connectivity index (χ1n) is 14.0. The number of anilines is 1. The van der Waals surface area contributed by atoms with Gasteiger partial charge in [0.2, 0.25) is 5.91 Å². The number of nitrogens with zero attached hydrogens (tertiary/aromatic N) is 7. The molecule has 4 rings (SSSR count). The molecule has 2 N–H and O–H groups in total. The average molecular weight is 631 g/mol. The third-order valence-electron chi connectivity index (χ3n) is 7.50. The highest BCUT2D eigenvalue weighted by atomic mass is 19.4. The summed E-state index contributed by atoms with van der Waals surface area (Å²) in [4.78, 5) is 42.7. The molecule has 1 saturated heterocycles. The predicted molar refractivity (Wildman–Crippen MR) is 150 cm³/mol. The second-order valence-corrected chi connectivity index (χ2v) is 11.0. The zero-order valence-corrected chi connectivity index (χ0v) is 24.4. The number of alkyl halides is 3. The van der Waals surface area contributed by atoms with Crippen LogP contribution in [0.25, 0.3) is 11.3 Å². The van der Waals surface area contributed by atoms with Crippen LogP contribution in [0.15, 0.2) is 36.7 Å². The summed E-state index contributed by atoms with van der Waals surface area (Å²) >= 11 is 0. The third kappa shape index (κ3) is 7.26. The van der Waals surface area contributed by atoms with E-state index in [-0.39, 0.29) is 18.5 Å². The van der Waals surface area contributed by atoms with E-state index in [0.29, 0.717) is 35.2 Å². The van der Waals surface area contributed by atoms with Gasteiger partial charge in [-0.15, -0.1) is 5.10 Å². The SMILES string of the molecule is CC1(C)C(=O)N(c2cnc(C#N)c(C(F)(F)F)c2)C(=O)N1Cc1ccc(-c2cn(CCCCCCCC(=O)NO)nn2)cc1F. The van der Waals surface area contributed by atoms with Gasteiger partial charge in [0.1, 0.15) is 23.1 Å². The zero-order chi connectivity index (χ0) is 32.9. The number of hydrogen-bond donors (Lipinski definition) is 2. The molecule has 3 heterocycles. The van der Waals surface area contributed by atoms with E-state index in [1.807, 2.05) is 0 Å². The molecule has 2 aromatic heterocycles. The molecule has 0 radical (unpaired) electrons. The Morgan fingerprint density at radius 3 is 2.49 bits per heavy atom. The van der Waals surface area contributed by atoms with Crippen LogP contribution in [0, 0.1) is 17.1 Å². The number of amides is 4. The maximum Gasteiger partial charge on any atom is 0.419 e. The van der Waals surface area contributed by atoms with Crippen LogP contribution in [-0.2, 0) is 28.9 Å². The van der Waals surface area contributed by atoms with E-state index in [1.165, 1.54) is 32.0 Å². The number of nitriles is 1. The molecule has 1 aliphatic rings. The number of hydrogen-bond acceptors (Lipinski definition) is 8. The summed E-state index contributed by atoms with van der Waals surface area (Å²) < 4.78 is 57.4. The quantitative estimate of drug-likeness (QED) is 0.0935. The number of imide groups is 1. The summed E-state index contributed by atoms with van der Waals surface area (Å²) in [6, 6.07) is 5.14. The van der Waals surface area contributed by atoms with Crippen molar-refractivity contribution in [1.82, 2.24) is 30.4 Å². The first-order valence-corrected chi connectivity index (χ1v) is 14.0. The molecule has 238 valence electrons. The van der Waals surface area contributed by atoms with Gasteiger partial charge in [0.05, 0.1) is 30.2 Å². The minimum absolute atomic E-state index is 0.0626. The molecular formula is C29H30F4N8O4. The van der Waals surface area contributed by atoms with Crippen molar-refractivity contribution < 1.29 is 37.2 Å². The number of hydroxylamine groups is 1. The molecule has 0 bridgehead atoms. The normalized spacial score (nSPS) is 14.6. The molecule has 0 spiro atoms. The Morgan fingerprint density at radius 2 is 1.82 bits per heavy atom. The lowest BCUT2D eigenvalue weighted by atomic mass is 10.0. The second kappa shape index (κ2) is 13.4. The monoisotopic (exact) mass is 630 g/mol. The molecule has 1 aromatic carbocycles. The molecule has 0 saturated carbocycles. The lowest BCUT2D eigenvalue weighted by Crippen LogP contribution is -2.43. The predicted octanol–water partition coefficient (Wildman–Crippen LogP) is 4.96. The van der Waals surface area contributed by atoms with E-state index in [0.717, 1.165) is 36.8 Å². The van der Waals surface area contributed by atoms with Crippen molar-refractivity contribution in [2.45, 2.75) is 77.2 Å². The number of halogens is 4. The maximum absolute atomic E-state index is 15.3. The number of carbonyl (C=O) groups is 3. The van der Waals surface area contributed by atoms with Crippen LogP contribution in [-0.4, -0.2) is 53.5 Å². The Hall–Kier alpha value is -4.91. The molecule has 0 unspecified atom stereocenters. The smallest absolute Gasteiger partial charge is 0.305 e. The van der Waals surface area contributed by atoms with E-state index < -0.39 is 52.3 Å². The van der Waals surface area contributed by atoms with Gasteiger partial charge in [-0.25, -0.2) is 24.5 Å². The van der Waals surface area contributed by atoms with Gasteiger partial charge in [0.15, 0.2) is 5.69 Å². The minimum atomic E-state index is -4.95. The summed E-state index contributed by atoms with van der Waals surface area (Å²) in [5.74, 6) is -1.94. The van der Waals surface area contributed by atoms with Gasteiger partial charge in [0.25, 0.3) is 5.91 Å². The number of aromatic nitrogens is 4. The standard InChI is InChI=1S/C29H30F4N8O4/c1-28(2)26(43)41(20-13-21(29(31,32)33)23(14-34)35-15-20)27(44)40(28)16-19-10-9-18(12-22(19)30)24-17-39(38-36-24)11-7-5-3-4-6-8-25(42)37-45/h9-10,12-13,15,17,45H,3-8,11,16H2,1-2H3,(H,37,42). The molecule has 0 aliphatic carbocycles. The average Bonchev–Trinajstić information content (AvgIpc) is 3.53. The van der Waals surface area contributed by atoms with Crippen LogP contribution in [0.2, 0.25) is 0 Å². The van der Waals surface area contributed by atoms with Gasteiger partial charge in [-0.05, 0) is 38.8 Å². The van der Waals surface area contributed by atoms with E-state index in [1.54, 1.807) is 22.4 Å². The molecule has 45 heavy (non-hydrogen) atoms. The number of aryl methyl sites for hydroxylation is 1. The van der Waals surface area contributed by atoms with Crippen molar-refractivity contribution in [3.05, 3.63) is 59.3 Å². The summed E-state index contributed by atoms with van der Waals surface area (Å²) in [6.07, 6.45) is 1.97. The van der Waals surface area contributed by atoms with Gasteiger partial charge in [0, 0.05) is 24.1 Å². The van der Waals surface area contributed by atoms with Crippen molar-refractivity contribution in [3.63, 3.8) is 0 Å². The van der Waals surface area contributed by atoms with E-state index >= 15 is 4.39 Å². The molecule has 12 nitrogen and oxygen atoms in total. The molecule has 1 fully saturated rings. The largest absolute Gasteiger partial charge is 0.419 e. The highest BCUT2D eigenvalue weighted by Gasteiger charge is 2.52. The first kappa shape index (κ1) is 33.0. The van der Waals surface area contributed by atoms with Gasteiger partial charge < -0.3 is 4.90 Å². The lowest BCUT2D eigenvalue weighted by molar-refractivity contribution is -0.138. The number of urea groups is 1. The highest BCUT2D eigenvalue weighted by Crippen LogP contribution is 2.37. The molecule has 16 heteroatoms. The fourth-order valence-electron chi connectivity index (χ4n) is 4.90. The minimum Gasteiger partial charge on any atom is -0.305 e. The summed E-state index contributed by atoms with van der Waals surface area (Å²) in [5.41, 5.74) is -1.78. The number of unbranched alkanes of at least 4 members (excludes halogenated alkanes) is 4. The Morgan fingerprint density at radius 1 is 1.11 bits per heavy atom. The fraction of sp³-hybridized carbons (Fsp3) is 0.414. The molecule has 4 amide bonds. The van der Waals surface area contributed by atoms with Crippen molar-refractivity contribution in [1.29, 1.82) is 5.26 Å². The second-order valence-electron chi connectivity index (χ2n) is 11.0. The Balaban J connectivity index is 1.42. The number of pyridine rings is 1. The lowest BCUT2D eigenvalue weighted by Gasteiger charge is -2.28. The zero-order valence-electron chi connectivity index (χ0n) is 24.4. The fourth-order valence-corrected chi connectivity index (χ4v) is 4.90. The van der Waals surface area contributed by atoms with Gasteiger partial charge in [-0.3, -0.25) is 19.5 Å². The summed E-state index contributed by atoms with van der Waals surface area (Å²) in [6.45, 7) is 3.03. The summed E-state index contributed by atoms with van der Waals surface area (Å²) in [5, 5.41) is 25.7. The van der Waals surface area contributed by atoms with E-state index in [4.69, 9.17) is 10.5 Å². The number of carbonyl (C=O) groups excluding carboxylic acids is 3. The van der Waals surface area contributed by atoms with Crippen LogP contribution < -0.4 is 10.4 Å². The van der Waals surface area contributed by atoms with E-state index in [9.17, 15) is 27.6 Å². The topological polar surface area (TPSA) is 157 Å². The molecule has 3 aromatic rings. The maximum atomic E-state index is 15.3. The highest BCUT2D eigenvalue weighted by molar-refractivity contribution is 6.22. The molecule has 1 aliphatic heterocycles. The van der Waals surface area contributed by atoms with Crippen LogP contribution >= 0.6 is 0 Å². The third-order valence-corrected chi connectivity index (χ3v) is 7.50. The van der Waals surface area contributed by atoms with E-state index in [2.05, 4.69) is 15.3 Å². The van der Waals surface area contributed by atoms with Gasteiger partial charge >= 0.3 is 12.2 Å². The van der Waals surface area contributed by atoms with Gasteiger partial charge in [-0.1, -0.05) is 36.6 Å². The number of rotatable bonds is 12. The van der Waals surface area contributed by atoms with Crippen LogP contribution in [0.4, 0.5) is 28.0 Å². The van der Waals surface area contributed by atoms with Crippen LogP contribution in [0.1, 0.15) is 69.2 Å². The molecular weight excluding hydrogens is 600 g/mol. The molecule has 0 atom stereocenters. The Kier molecular flexibility index (Phi) is 9.81. The Bertz CT molecular complexity index is 1630. The number of nitrogens with one attached hydrogen (secondary N) is 1. The van der Waals surface area contributed by atoms with Crippen LogP contribution in [0.5, 0.6) is 0 Å². The van der Waals surface area contributed by atoms with Crippen molar-refractivity contribution in [2.75, 3.05) is 4.90 Å². The van der Waals surface area contributed by atoms with Gasteiger partial charge in [-0.2, -0.15) is 18.4 Å². The van der Waals surface area contributed by atoms with Crippen LogP contribution in [0.3, 0.4) is 0 Å². The number of benzene rings is 1. The van der Waals surface area contributed by atoms with Crippen molar-refractivity contribution in [3.8, 4) is 17.3 Å². The Labute approximate surface area is 255 Å². The first-order chi connectivity index (χ1) is 21.3.